The third-order valence-corrected chi connectivity index (χ3v) is 7.59. The van der Waals surface area contributed by atoms with Gasteiger partial charge >= 0.3 is 0 Å². The molecule has 0 aliphatic carbocycles. The van der Waals surface area contributed by atoms with Crippen LogP contribution in [0.5, 0.6) is 0 Å². The Kier molecular flexibility index (Phi) is 12.9. The van der Waals surface area contributed by atoms with E-state index >= 15 is 0 Å². The molecule has 0 aromatic heterocycles. The summed E-state index contributed by atoms with van der Waals surface area (Å²) < 4.78 is 0. The van der Waals surface area contributed by atoms with Crippen LogP contribution in [-0.2, 0) is 38.4 Å². The summed E-state index contributed by atoms with van der Waals surface area (Å²) in [5.41, 5.74) is 0. The lowest BCUT2D eigenvalue weighted by Gasteiger charge is -2.13. The Morgan fingerprint density at radius 3 is 1.57 bits per heavy atom. The number of carbonyl (C=O) groups excluding carboxylic acids is 8. The average molecular weight is 532 g/mol. The maximum Gasteiger partial charge on any atom is 0.243 e. The molecule has 13 heteroatoms. The van der Waals surface area contributed by atoms with Crippen LogP contribution in [0.3, 0.4) is 0 Å². The van der Waals surface area contributed by atoms with Crippen LogP contribution in [0.2, 0.25) is 0 Å². The first-order valence-electron chi connectivity index (χ1n) is 11.1. The number of Topliss-reactive ketones (excluding diaryl/α,β-unsaturated/α-hetero) is 3. The number of likely N-dealkylation sites (tertiary alicyclic amines) is 2. The Morgan fingerprint density at radius 1 is 0.829 bits per heavy atom. The first-order chi connectivity index (χ1) is 16.4. The van der Waals surface area contributed by atoms with E-state index in [9.17, 15) is 38.4 Å². The van der Waals surface area contributed by atoms with E-state index in [1.165, 1.54) is 25.7 Å². The molecule has 2 saturated heterocycles. The van der Waals surface area contributed by atoms with Crippen LogP contribution >= 0.6 is 23.5 Å². The fraction of sp³-hybridized carbons (Fsp3) is 0.636. The average Bonchev–Trinajstić information content (AvgIpc) is 3.25. The minimum atomic E-state index is -0.542. The second-order valence-electron chi connectivity index (χ2n) is 7.80. The predicted octanol–water partition coefficient (Wildman–Crippen LogP) is 0.233. The fourth-order valence-electron chi connectivity index (χ4n) is 2.94. The minimum absolute atomic E-state index is 0. The zero-order valence-corrected chi connectivity index (χ0v) is 21.9. The van der Waals surface area contributed by atoms with E-state index in [0.717, 1.165) is 21.6 Å². The number of ketones is 3. The summed E-state index contributed by atoms with van der Waals surface area (Å²) in [7, 11) is 1.51. The Morgan fingerprint density at radius 2 is 1.23 bits per heavy atom. The van der Waals surface area contributed by atoms with Gasteiger partial charge in [-0.2, -0.15) is 0 Å². The molecule has 0 aromatic carbocycles. The molecule has 5 amide bonds. The molecule has 2 fully saturated rings. The summed E-state index contributed by atoms with van der Waals surface area (Å²) in [5, 5.41) is 1.40. The summed E-state index contributed by atoms with van der Waals surface area (Å²) in [5.74, 6) is -1.51. The van der Waals surface area contributed by atoms with E-state index < -0.39 is 10.5 Å². The highest BCUT2D eigenvalue weighted by Gasteiger charge is 2.40. The van der Waals surface area contributed by atoms with Gasteiger partial charge in [0.25, 0.3) is 0 Å². The van der Waals surface area contributed by atoms with Gasteiger partial charge in [0.05, 0.1) is 35.1 Å². The molecule has 196 valence electrons. The highest BCUT2D eigenvalue weighted by Crippen LogP contribution is 2.26. The van der Waals surface area contributed by atoms with Gasteiger partial charge in [-0.15, -0.1) is 23.5 Å². The van der Waals surface area contributed by atoms with E-state index in [-0.39, 0.29) is 85.7 Å². The van der Waals surface area contributed by atoms with E-state index in [1.807, 2.05) is 0 Å². The Balaban J connectivity index is 0.000000663. The van der Waals surface area contributed by atoms with Crippen LogP contribution < -0.4 is 5.32 Å². The van der Waals surface area contributed by atoms with Crippen LogP contribution in [0.4, 0.5) is 0 Å². The zero-order valence-electron chi connectivity index (χ0n) is 20.3. The maximum atomic E-state index is 11.9. The topological polar surface area (TPSA) is 155 Å². The number of thioether (sulfide) groups is 2. The van der Waals surface area contributed by atoms with Crippen molar-refractivity contribution in [3.63, 3.8) is 0 Å². The minimum Gasteiger partial charge on any atom is -0.358 e. The molecule has 2 heterocycles. The van der Waals surface area contributed by atoms with Crippen LogP contribution in [0.1, 0.15) is 47.9 Å². The SMILES string of the molecule is CCC(=O)CN1C(=O)CC(SCC(=O)NC)C1=O.CCC(=O)CN1C(=O)CC(SCC(C)=O)C1=O.[HH]. The lowest BCUT2D eigenvalue weighted by molar-refractivity contribution is -0.142. The van der Waals surface area contributed by atoms with Gasteiger partial charge in [-0.05, 0) is 6.92 Å². The second kappa shape index (κ2) is 14.8. The summed E-state index contributed by atoms with van der Waals surface area (Å²) in [6, 6.07) is 0. The molecule has 2 atom stereocenters. The van der Waals surface area contributed by atoms with Gasteiger partial charge in [0.1, 0.15) is 5.78 Å². The van der Waals surface area contributed by atoms with E-state index in [0.29, 0.717) is 12.8 Å². The molecule has 0 spiro atoms. The number of carbonyl (C=O) groups is 8. The monoisotopic (exact) mass is 531 g/mol. The van der Waals surface area contributed by atoms with Crippen molar-refractivity contribution in [1.82, 2.24) is 15.1 Å². The molecule has 0 aromatic rings. The van der Waals surface area contributed by atoms with Crippen molar-refractivity contribution in [3.8, 4) is 0 Å². The van der Waals surface area contributed by atoms with E-state index in [4.69, 9.17) is 0 Å². The molecule has 2 unspecified atom stereocenters. The highest BCUT2D eigenvalue weighted by atomic mass is 32.2. The number of rotatable bonds is 12. The van der Waals surface area contributed by atoms with Crippen molar-refractivity contribution >= 4 is 70.4 Å². The summed E-state index contributed by atoms with van der Waals surface area (Å²) in [6.45, 7) is 4.53. The van der Waals surface area contributed by atoms with Crippen LogP contribution in [-0.4, -0.2) is 98.8 Å². The molecule has 2 rings (SSSR count). The zero-order chi connectivity index (χ0) is 26.7. The van der Waals surface area contributed by atoms with Gasteiger partial charge in [-0.25, -0.2) is 0 Å². The molecule has 1 N–H and O–H groups in total. The predicted molar refractivity (Wildman–Crippen MR) is 133 cm³/mol. The molecule has 2 aliphatic heterocycles. The molecule has 0 radical (unpaired) electrons. The van der Waals surface area contributed by atoms with E-state index in [2.05, 4.69) is 5.32 Å². The molecule has 2 aliphatic rings. The molecular weight excluding hydrogens is 498 g/mol. The molecule has 11 nitrogen and oxygen atoms in total. The van der Waals surface area contributed by atoms with Crippen molar-refractivity contribution in [2.75, 3.05) is 31.6 Å². The third kappa shape index (κ3) is 9.55. The third-order valence-electron chi connectivity index (χ3n) is 5.04. The summed E-state index contributed by atoms with van der Waals surface area (Å²) in [4.78, 5) is 93.2. The van der Waals surface area contributed by atoms with Crippen molar-refractivity contribution in [3.05, 3.63) is 0 Å². The number of nitrogens with one attached hydrogen (secondary N) is 1. The smallest absolute Gasteiger partial charge is 0.243 e. The number of hydrogen-bond acceptors (Lipinski definition) is 10. The fourth-order valence-corrected chi connectivity index (χ4v) is 4.93. The van der Waals surface area contributed by atoms with Gasteiger partial charge in [-0.1, -0.05) is 13.8 Å². The Bertz CT molecular complexity index is 899. The van der Waals surface area contributed by atoms with Gasteiger partial charge in [0.2, 0.25) is 29.5 Å². The highest BCUT2D eigenvalue weighted by molar-refractivity contribution is 8.01. The number of imide groups is 2. The molecule has 0 bridgehead atoms. The van der Waals surface area contributed by atoms with Crippen LogP contribution in [0.25, 0.3) is 0 Å². The van der Waals surface area contributed by atoms with Gasteiger partial charge < -0.3 is 5.32 Å². The largest absolute Gasteiger partial charge is 0.358 e. The summed E-state index contributed by atoms with van der Waals surface area (Å²) >= 11 is 2.30. The second-order valence-corrected chi connectivity index (χ2v) is 10.2. The Hall–Kier alpha value is -2.54. The number of amides is 5. The summed E-state index contributed by atoms with van der Waals surface area (Å²) in [6.07, 6.45) is 0.765. The molecule has 0 saturated carbocycles. The molecule has 35 heavy (non-hydrogen) atoms. The quantitative estimate of drug-likeness (QED) is 0.346. The van der Waals surface area contributed by atoms with Crippen molar-refractivity contribution < 1.29 is 39.8 Å². The van der Waals surface area contributed by atoms with Crippen LogP contribution in [0, 0.1) is 0 Å². The standard InChI is InChI=1S/C11H16N2O4S.C11H15NO4S.H2/c1-3-7(14)5-13-10(16)4-8(11(13)17)18-6-9(15)12-2;1-3-8(14)5-12-10(15)4-9(11(12)16)17-6-7(2)13;/h8H,3-6H2,1-2H3,(H,12,15);9H,3-6H2,1-2H3;1H. The van der Waals surface area contributed by atoms with Crippen molar-refractivity contribution in [1.29, 1.82) is 0 Å². The lowest BCUT2D eigenvalue weighted by atomic mass is 10.3. The number of hydrogen-bond donors (Lipinski definition) is 1. The van der Waals surface area contributed by atoms with Gasteiger partial charge in [0.15, 0.2) is 11.6 Å². The number of nitrogens with zero attached hydrogens (tertiary/aromatic N) is 2. The lowest BCUT2D eigenvalue weighted by Crippen LogP contribution is -2.36. The van der Waals surface area contributed by atoms with Gasteiger partial charge in [-0.3, -0.25) is 48.2 Å². The maximum absolute atomic E-state index is 11.9. The van der Waals surface area contributed by atoms with Gasteiger partial charge in [0, 0.05) is 34.2 Å². The van der Waals surface area contributed by atoms with E-state index in [1.54, 1.807) is 13.8 Å². The normalized spacial score (nSPS) is 19.5. The first kappa shape index (κ1) is 30.5. The van der Waals surface area contributed by atoms with Crippen molar-refractivity contribution in [2.24, 2.45) is 0 Å². The Labute approximate surface area is 213 Å². The van der Waals surface area contributed by atoms with Crippen molar-refractivity contribution in [2.45, 2.75) is 57.0 Å². The van der Waals surface area contributed by atoms with Crippen LogP contribution in [0.15, 0.2) is 0 Å². The first-order valence-corrected chi connectivity index (χ1v) is 13.2. The molecular formula is C22H33N3O8S2.